The zero-order valence-electron chi connectivity index (χ0n) is 13.0. The van der Waals surface area contributed by atoms with Crippen molar-refractivity contribution in [1.82, 2.24) is 4.90 Å². The Morgan fingerprint density at radius 3 is 2.95 bits per heavy atom. The van der Waals surface area contributed by atoms with E-state index in [4.69, 9.17) is 10.5 Å². The molecule has 1 aromatic heterocycles. The number of nitrogens with zero attached hydrogens (tertiary/aromatic N) is 1. The minimum Gasteiger partial charge on any atom is -0.377 e. The smallest absolute Gasteiger partial charge is 0.0702 e. The van der Waals surface area contributed by atoms with Gasteiger partial charge in [-0.2, -0.15) is 0 Å². The van der Waals surface area contributed by atoms with Crippen LogP contribution in [-0.2, 0) is 4.74 Å². The van der Waals surface area contributed by atoms with Crippen LogP contribution in [0.25, 0.3) is 0 Å². The van der Waals surface area contributed by atoms with Crippen molar-refractivity contribution in [3.05, 3.63) is 21.9 Å². The summed E-state index contributed by atoms with van der Waals surface area (Å²) < 4.78 is 5.96. The Morgan fingerprint density at radius 1 is 1.55 bits per heavy atom. The largest absolute Gasteiger partial charge is 0.377 e. The highest BCUT2D eigenvalue weighted by molar-refractivity contribution is 7.10. The van der Waals surface area contributed by atoms with Crippen molar-refractivity contribution in [2.45, 2.75) is 58.2 Å². The van der Waals surface area contributed by atoms with Crippen molar-refractivity contribution in [1.29, 1.82) is 0 Å². The topological polar surface area (TPSA) is 38.5 Å². The lowest BCUT2D eigenvalue weighted by Gasteiger charge is -2.39. The monoisotopic (exact) mass is 296 g/mol. The molecule has 2 N–H and O–H groups in total. The van der Waals surface area contributed by atoms with E-state index in [2.05, 4.69) is 37.1 Å². The van der Waals surface area contributed by atoms with Crippen molar-refractivity contribution in [3.63, 3.8) is 0 Å². The van der Waals surface area contributed by atoms with Crippen molar-refractivity contribution in [3.8, 4) is 0 Å². The molecule has 2 heterocycles. The molecule has 0 spiro atoms. The van der Waals surface area contributed by atoms with Crippen LogP contribution >= 0.6 is 11.3 Å². The van der Waals surface area contributed by atoms with Crippen LogP contribution in [0.1, 0.15) is 49.6 Å². The van der Waals surface area contributed by atoms with E-state index in [-0.39, 0.29) is 6.04 Å². The van der Waals surface area contributed by atoms with Gasteiger partial charge in [0.25, 0.3) is 0 Å². The van der Waals surface area contributed by atoms with Gasteiger partial charge in [-0.25, -0.2) is 0 Å². The number of nitrogens with two attached hydrogens (primary N) is 1. The molecule has 1 aromatic rings. The van der Waals surface area contributed by atoms with Crippen molar-refractivity contribution in [2.75, 3.05) is 19.7 Å². The highest BCUT2D eigenvalue weighted by Gasteiger charge is 2.30. The Bertz CT molecular complexity index is 405. The maximum atomic E-state index is 6.30. The first-order valence-electron chi connectivity index (χ1n) is 7.78. The number of piperidine rings is 1. The molecule has 0 bridgehead atoms. The standard InChI is InChI=1S/C16H28N2OS/c1-4-9-19-14-6-5-8-18(11-14)15(13(3)17)16-12(2)7-10-20-16/h7,10,13-15H,4-6,8-9,11,17H2,1-3H3. The van der Waals surface area contributed by atoms with E-state index in [1.165, 1.54) is 23.3 Å². The Morgan fingerprint density at radius 2 is 2.35 bits per heavy atom. The third-order valence-electron chi connectivity index (χ3n) is 4.03. The molecular formula is C16H28N2OS. The third kappa shape index (κ3) is 3.82. The Labute approximate surface area is 127 Å². The first-order valence-corrected chi connectivity index (χ1v) is 8.66. The molecule has 1 aliphatic heterocycles. The summed E-state index contributed by atoms with van der Waals surface area (Å²) in [5.41, 5.74) is 7.67. The van der Waals surface area contributed by atoms with Crippen LogP contribution in [-0.4, -0.2) is 36.7 Å². The van der Waals surface area contributed by atoms with Gasteiger partial charge in [0.05, 0.1) is 12.1 Å². The third-order valence-corrected chi connectivity index (χ3v) is 5.12. The molecule has 0 aliphatic carbocycles. The molecule has 1 saturated heterocycles. The number of aryl methyl sites for hydroxylation is 1. The summed E-state index contributed by atoms with van der Waals surface area (Å²) in [5, 5.41) is 2.18. The maximum absolute atomic E-state index is 6.30. The Kier molecular flexibility index (Phi) is 6.02. The molecule has 0 saturated carbocycles. The lowest BCUT2D eigenvalue weighted by atomic mass is 9.99. The first-order chi connectivity index (χ1) is 9.63. The summed E-state index contributed by atoms with van der Waals surface area (Å²) >= 11 is 1.84. The van der Waals surface area contributed by atoms with E-state index in [0.29, 0.717) is 12.1 Å². The fourth-order valence-corrected chi connectivity index (χ4v) is 4.24. The summed E-state index contributed by atoms with van der Waals surface area (Å²) in [7, 11) is 0. The van der Waals surface area contributed by atoms with Gasteiger partial charge < -0.3 is 10.5 Å². The summed E-state index contributed by atoms with van der Waals surface area (Å²) in [5.74, 6) is 0. The van der Waals surface area contributed by atoms with E-state index >= 15 is 0 Å². The molecular weight excluding hydrogens is 268 g/mol. The molecule has 3 unspecified atom stereocenters. The van der Waals surface area contributed by atoms with Gasteiger partial charge in [-0.3, -0.25) is 4.90 Å². The molecule has 20 heavy (non-hydrogen) atoms. The highest BCUT2D eigenvalue weighted by Crippen LogP contribution is 2.33. The average molecular weight is 296 g/mol. The molecule has 1 fully saturated rings. The SMILES string of the molecule is CCCOC1CCCN(C(c2sccc2C)C(C)N)C1. The van der Waals surface area contributed by atoms with Gasteiger partial charge in [0, 0.05) is 24.1 Å². The molecule has 2 rings (SSSR count). The molecule has 0 radical (unpaired) electrons. The van der Waals surface area contributed by atoms with Gasteiger partial charge in [0.15, 0.2) is 0 Å². The molecule has 0 aromatic carbocycles. The van der Waals surface area contributed by atoms with E-state index in [1.54, 1.807) is 0 Å². The lowest BCUT2D eigenvalue weighted by Crippen LogP contribution is -2.46. The lowest BCUT2D eigenvalue weighted by molar-refractivity contribution is -0.0151. The van der Waals surface area contributed by atoms with Gasteiger partial charge >= 0.3 is 0 Å². The van der Waals surface area contributed by atoms with E-state index in [0.717, 1.165) is 26.1 Å². The minimum atomic E-state index is 0.150. The van der Waals surface area contributed by atoms with Gasteiger partial charge in [-0.15, -0.1) is 11.3 Å². The molecule has 4 heteroatoms. The molecule has 114 valence electrons. The van der Waals surface area contributed by atoms with Gasteiger partial charge in [0.1, 0.15) is 0 Å². The maximum Gasteiger partial charge on any atom is 0.0702 e. The summed E-state index contributed by atoms with van der Waals surface area (Å²) in [6.07, 6.45) is 3.87. The number of thiophene rings is 1. The normalized spacial score (nSPS) is 23.7. The Hall–Kier alpha value is -0.420. The number of hydrogen-bond acceptors (Lipinski definition) is 4. The number of ether oxygens (including phenoxy) is 1. The van der Waals surface area contributed by atoms with Crippen LogP contribution < -0.4 is 5.73 Å². The van der Waals surface area contributed by atoms with Gasteiger partial charge in [-0.05, 0) is 56.7 Å². The highest BCUT2D eigenvalue weighted by atomic mass is 32.1. The summed E-state index contributed by atoms with van der Waals surface area (Å²) in [6.45, 7) is 9.51. The number of hydrogen-bond donors (Lipinski definition) is 1. The van der Waals surface area contributed by atoms with Crippen molar-refractivity contribution >= 4 is 11.3 Å². The second-order valence-electron chi connectivity index (χ2n) is 5.90. The van der Waals surface area contributed by atoms with Gasteiger partial charge in [0.2, 0.25) is 0 Å². The second-order valence-corrected chi connectivity index (χ2v) is 6.85. The van der Waals surface area contributed by atoms with Crippen LogP contribution in [0.2, 0.25) is 0 Å². The van der Waals surface area contributed by atoms with Crippen LogP contribution in [0.4, 0.5) is 0 Å². The predicted octanol–water partition coefficient (Wildman–Crippen LogP) is 3.34. The van der Waals surface area contributed by atoms with Crippen LogP contribution in [0, 0.1) is 6.92 Å². The summed E-state index contributed by atoms with van der Waals surface area (Å²) in [4.78, 5) is 3.96. The quantitative estimate of drug-likeness (QED) is 0.875. The molecule has 0 amide bonds. The van der Waals surface area contributed by atoms with Crippen LogP contribution in [0.5, 0.6) is 0 Å². The number of rotatable bonds is 6. The average Bonchev–Trinajstić information content (AvgIpc) is 2.83. The minimum absolute atomic E-state index is 0.150. The second kappa shape index (κ2) is 7.55. The fraction of sp³-hybridized carbons (Fsp3) is 0.750. The van der Waals surface area contributed by atoms with E-state index < -0.39 is 0 Å². The number of likely N-dealkylation sites (tertiary alicyclic amines) is 1. The van der Waals surface area contributed by atoms with Crippen molar-refractivity contribution < 1.29 is 4.74 Å². The van der Waals surface area contributed by atoms with Crippen molar-refractivity contribution in [2.24, 2.45) is 5.73 Å². The zero-order chi connectivity index (χ0) is 14.5. The first kappa shape index (κ1) is 16.0. The zero-order valence-corrected chi connectivity index (χ0v) is 13.8. The summed E-state index contributed by atoms with van der Waals surface area (Å²) in [6, 6.07) is 2.69. The Balaban J connectivity index is 2.07. The molecule has 3 nitrogen and oxygen atoms in total. The molecule has 3 atom stereocenters. The molecule has 1 aliphatic rings. The van der Waals surface area contributed by atoms with E-state index in [9.17, 15) is 0 Å². The van der Waals surface area contributed by atoms with Gasteiger partial charge in [-0.1, -0.05) is 6.92 Å². The van der Waals surface area contributed by atoms with Crippen LogP contribution in [0.15, 0.2) is 11.4 Å². The van der Waals surface area contributed by atoms with Crippen LogP contribution in [0.3, 0.4) is 0 Å². The van der Waals surface area contributed by atoms with E-state index in [1.807, 2.05) is 11.3 Å². The predicted molar refractivity (Wildman–Crippen MR) is 86.3 cm³/mol. The fourth-order valence-electron chi connectivity index (χ4n) is 3.06.